The molecule has 6 nitrogen and oxygen atoms in total. The van der Waals surface area contributed by atoms with Crippen LogP contribution in [0.5, 0.6) is 17.2 Å². The summed E-state index contributed by atoms with van der Waals surface area (Å²) in [5.74, 6) is 6.48. The van der Waals surface area contributed by atoms with Gasteiger partial charge in [-0.1, -0.05) is 5.92 Å². The minimum absolute atomic E-state index is 0.218. The number of nitriles is 3. The predicted octanol–water partition coefficient (Wildman–Crippen LogP) is 1.93. The Hall–Kier alpha value is -3.61. The molecule has 0 heterocycles. The van der Waals surface area contributed by atoms with Gasteiger partial charge in [0.05, 0.1) is 21.3 Å². The second-order valence-electron chi connectivity index (χ2n) is 3.74. The Morgan fingerprint density at radius 3 is 1.68 bits per heavy atom. The summed E-state index contributed by atoms with van der Waals surface area (Å²) in [7, 11) is 4.41. The number of benzene rings is 1. The molecule has 0 radical (unpaired) electrons. The first-order valence-electron chi connectivity index (χ1n) is 5.91. The second kappa shape index (κ2) is 7.85. The molecule has 0 atom stereocenters. The van der Waals surface area contributed by atoms with Crippen LogP contribution >= 0.6 is 0 Å². The number of ether oxygens (including phenoxy) is 3. The summed E-state index contributed by atoms with van der Waals surface area (Å²) in [6.45, 7) is 0. The lowest BCUT2D eigenvalue weighted by atomic mass is 10.1. The molecular weight excluding hydrogens is 282 g/mol. The minimum Gasteiger partial charge on any atom is -0.496 e. The van der Waals surface area contributed by atoms with Crippen LogP contribution in [0.2, 0.25) is 0 Å². The Morgan fingerprint density at radius 1 is 0.818 bits per heavy atom. The molecule has 0 aliphatic heterocycles. The van der Waals surface area contributed by atoms with E-state index in [4.69, 9.17) is 30.0 Å². The van der Waals surface area contributed by atoms with Crippen molar-refractivity contribution >= 4 is 0 Å². The van der Waals surface area contributed by atoms with Crippen molar-refractivity contribution in [3.63, 3.8) is 0 Å². The molecule has 108 valence electrons. The molecule has 0 saturated carbocycles. The highest BCUT2D eigenvalue weighted by Crippen LogP contribution is 2.33. The van der Waals surface area contributed by atoms with E-state index in [2.05, 4.69) is 11.8 Å². The topological polar surface area (TPSA) is 99.1 Å². The second-order valence-corrected chi connectivity index (χ2v) is 3.74. The van der Waals surface area contributed by atoms with Gasteiger partial charge in [-0.2, -0.15) is 15.8 Å². The highest BCUT2D eigenvalue weighted by Gasteiger charge is 2.11. The number of methoxy groups -OCH3 is 3. The van der Waals surface area contributed by atoms with Gasteiger partial charge in [0, 0.05) is 12.1 Å². The third kappa shape index (κ3) is 3.48. The summed E-state index contributed by atoms with van der Waals surface area (Å²) >= 11 is 0. The summed E-state index contributed by atoms with van der Waals surface area (Å²) < 4.78 is 15.6. The first kappa shape index (κ1) is 16.4. The molecule has 0 N–H and O–H groups in total. The molecular formula is C16H11N3O3. The van der Waals surface area contributed by atoms with Gasteiger partial charge in [-0.15, -0.1) is 0 Å². The molecule has 1 rings (SSSR count). The van der Waals surface area contributed by atoms with Crippen LogP contribution in [0.3, 0.4) is 0 Å². The summed E-state index contributed by atoms with van der Waals surface area (Å²) in [6.07, 6.45) is 0. The lowest BCUT2D eigenvalue weighted by Gasteiger charge is -2.11. The quantitative estimate of drug-likeness (QED) is 0.623. The van der Waals surface area contributed by atoms with Crippen LogP contribution in [-0.4, -0.2) is 21.3 Å². The third-order valence-electron chi connectivity index (χ3n) is 2.61. The Balaban J connectivity index is 3.52. The van der Waals surface area contributed by atoms with E-state index in [-0.39, 0.29) is 11.1 Å². The average molecular weight is 293 g/mol. The minimum atomic E-state index is -0.346. The molecule has 6 heteroatoms. The van der Waals surface area contributed by atoms with Gasteiger partial charge in [0.15, 0.2) is 5.57 Å². The zero-order valence-corrected chi connectivity index (χ0v) is 12.2. The van der Waals surface area contributed by atoms with E-state index >= 15 is 0 Å². The molecule has 0 aliphatic rings. The van der Waals surface area contributed by atoms with Crippen LogP contribution in [-0.2, 0) is 0 Å². The standard InChI is InChI=1S/C16H11N3O3/c1-20-13-6-15(21-2)14(16(7-13)22-3)5-4-11(8-17)12(9-18)10-19/h6-7H,1-3H3. The van der Waals surface area contributed by atoms with Crippen molar-refractivity contribution in [1.82, 2.24) is 0 Å². The SMILES string of the molecule is COc1cc(OC)c(C#CC(C#N)=C(C#N)C#N)c(OC)c1. The fourth-order valence-corrected chi connectivity index (χ4v) is 1.54. The summed E-state index contributed by atoms with van der Waals surface area (Å²) in [4.78, 5) is 0. The van der Waals surface area contributed by atoms with Crippen molar-refractivity contribution in [2.24, 2.45) is 0 Å². The molecule has 0 amide bonds. The van der Waals surface area contributed by atoms with Crippen molar-refractivity contribution in [2.75, 3.05) is 21.3 Å². The van der Waals surface area contributed by atoms with Gasteiger partial charge < -0.3 is 14.2 Å². The number of hydrogen-bond acceptors (Lipinski definition) is 6. The Labute approximate surface area is 128 Å². The largest absolute Gasteiger partial charge is 0.496 e. The molecule has 0 aromatic heterocycles. The monoisotopic (exact) mass is 293 g/mol. The van der Waals surface area contributed by atoms with Gasteiger partial charge in [0.2, 0.25) is 0 Å². The molecule has 1 aromatic rings. The number of hydrogen-bond donors (Lipinski definition) is 0. The Kier molecular flexibility index (Phi) is 5.87. The number of allylic oxidation sites excluding steroid dienone is 2. The first-order chi connectivity index (χ1) is 10.6. The van der Waals surface area contributed by atoms with Crippen molar-refractivity contribution in [3.8, 4) is 47.3 Å². The third-order valence-corrected chi connectivity index (χ3v) is 2.61. The fourth-order valence-electron chi connectivity index (χ4n) is 1.54. The van der Waals surface area contributed by atoms with Crippen LogP contribution in [0.1, 0.15) is 5.56 Å². The van der Waals surface area contributed by atoms with Gasteiger partial charge in [-0.05, 0) is 5.92 Å². The lowest BCUT2D eigenvalue weighted by molar-refractivity contribution is 0.374. The van der Waals surface area contributed by atoms with E-state index in [0.717, 1.165) is 0 Å². The van der Waals surface area contributed by atoms with E-state index in [9.17, 15) is 0 Å². The van der Waals surface area contributed by atoms with E-state index in [1.807, 2.05) is 0 Å². The molecule has 0 aliphatic carbocycles. The average Bonchev–Trinajstić information content (AvgIpc) is 2.57. The first-order valence-corrected chi connectivity index (χ1v) is 5.91. The maximum atomic E-state index is 8.98. The highest BCUT2D eigenvalue weighted by molar-refractivity contribution is 5.63. The predicted molar refractivity (Wildman–Crippen MR) is 76.8 cm³/mol. The summed E-state index contributed by atoms with van der Waals surface area (Å²) in [5, 5.41) is 26.5. The number of rotatable bonds is 3. The summed E-state index contributed by atoms with van der Waals surface area (Å²) in [6, 6.07) is 8.20. The molecule has 22 heavy (non-hydrogen) atoms. The molecule has 1 aromatic carbocycles. The molecule has 0 unspecified atom stereocenters. The highest BCUT2D eigenvalue weighted by atomic mass is 16.5. The Morgan fingerprint density at radius 2 is 1.32 bits per heavy atom. The van der Waals surface area contributed by atoms with Gasteiger partial charge >= 0.3 is 0 Å². The van der Waals surface area contributed by atoms with Crippen LogP contribution in [0.4, 0.5) is 0 Å². The van der Waals surface area contributed by atoms with Crippen LogP contribution < -0.4 is 14.2 Å². The fraction of sp³-hybridized carbons (Fsp3) is 0.188. The maximum Gasteiger partial charge on any atom is 0.155 e. The zero-order chi connectivity index (χ0) is 16.5. The van der Waals surface area contributed by atoms with E-state index in [0.29, 0.717) is 22.8 Å². The molecule has 0 spiro atoms. The van der Waals surface area contributed by atoms with Crippen LogP contribution in [0.15, 0.2) is 23.3 Å². The maximum absolute atomic E-state index is 8.98. The smallest absolute Gasteiger partial charge is 0.155 e. The van der Waals surface area contributed by atoms with Crippen molar-refractivity contribution < 1.29 is 14.2 Å². The van der Waals surface area contributed by atoms with Gasteiger partial charge in [-0.25, -0.2) is 0 Å². The zero-order valence-electron chi connectivity index (χ0n) is 12.2. The molecule has 0 saturated heterocycles. The molecule has 0 bridgehead atoms. The number of nitrogens with zero attached hydrogens (tertiary/aromatic N) is 3. The summed E-state index contributed by atoms with van der Waals surface area (Å²) in [5.41, 5.74) is -0.180. The van der Waals surface area contributed by atoms with Gasteiger partial charge in [0.25, 0.3) is 0 Å². The van der Waals surface area contributed by atoms with Crippen molar-refractivity contribution in [1.29, 1.82) is 15.8 Å². The normalized spacial score (nSPS) is 8.18. The van der Waals surface area contributed by atoms with E-state index in [1.165, 1.54) is 21.3 Å². The van der Waals surface area contributed by atoms with Crippen LogP contribution in [0.25, 0.3) is 0 Å². The van der Waals surface area contributed by atoms with Gasteiger partial charge in [-0.3, -0.25) is 0 Å². The van der Waals surface area contributed by atoms with Crippen molar-refractivity contribution in [2.45, 2.75) is 0 Å². The van der Waals surface area contributed by atoms with Crippen molar-refractivity contribution in [3.05, 3.63) is 28.8 Å². The lowest BCUT2D eigenvalue weighted by Crippen LogP contribution is -1.95. The van der Waals surface area contributed by atoms with Crippen LogP contribution in [0, 0.1) is 45.8 Å². The Bertz CT molecular complexity index is 752. The van der Waals surface area contributed by atoms with Gasteiger partial charge in [0.1, 0.15) is 46.6 Å². The van der Waals surface area contributed by atoms with E-state index in [1.54, 1.807) is 30.3 Å². The van der Waals surface area contributed by atoms with E-state index < -0.39 is 0 Å². The molecule has 0 fully saturated rings.